The quantitative estimate of drug-likeness (QED) is 0.227. The maximum Gasteiger partial charge on any atom is 0.129 e. The first kappa shape index (κ1) is 22.8. The van der Waals surface area contributed by atoms with Crippen molar-refractivity contribution in [1.82, 2.24) is 4.98 Å². The number of aromatic nitrogens is 1. The Hall–Kier alpha value is -1.87. The summed E-state index contributed by atoms with van der Waals surface area (Å²) < 4.78 is 7.37. The highest BCUT2D eigenvalue weighted by molar-refractivity contribution is 7.21. The summed E-state index contributed by atoms with van der Waals surface area (Å²) in [4.78, 5) is 4.80. The molecule has 0 atom stereocenters. The van der Waals surface area contributed by atoms with Crippen LogP contribution in [0.3, 0.4) is 0 Å². The fraction of sp³-hybridized carbons (Fsp3) is 0.519. The summed E-state index contributed by atoms with van der Waals surface area (Å²) in [6, 6.07) is 16.6. The van der Waals surface area contributed by atoms with Crippen molar-refractivity contribution < 1.29 is 4.74 Å². The van der Waals surface area contributed by atoms with Crippen LogP contribution in [0.4, 0.5) is 0 Å². The van der Waals surface area contributed by atoms with Gasteiger partial charge in [-0.25, -0.2) is 4.98 Å². The molecule has 0 fully saturated rings. The van der Waals surface area contributed by atoms with Crippen molar-refractivity contribution in [3.05, 3.63) is 48.5 Å². The molecule has 0 bridgehead atoms. The first-order chi connectivity index (χ1) is 14.9. The van der Waals surface area contributed by atoms with Crippen LogP contribution in [0.25, 0.3) is 20.8 Å². The molecular weight excluding hydrogens is 386 g/mol. The van der Waals surface area contributed by atoms with Crippen molar-refractivity contribution in [2.45, 2.75) is 84.0 Å². The van der Waals surface area contributed by atoms with E-state index in [0.29, 0.717) is 0 Å². The lowest BCUT2D eigenvalue weighted by Crippen LogP contribution is -1.98. The number of hydrogen-bond donors (Lipinski definition) is 0. The van der Waals surface area contributed by atoms with E-state index in [-0.39, 0.29) is 0 Å². The van der Waals surface area contributed by atoms with Gasteiger partial charge < -0.3 is 4.74 Å². The van der Waals surface area contributed by atoms with Gasteiger partial charge in [0.25, 0.3) is 0 Å². The minimum Gasteiger partial charge on any atom is -0.493 e. The molecule has 0 amide bonds. The number of fused-ring (bicyclic) bond motifs is 1. The Morgan fingerprint density at radius 3 is 2.00 bits per heavy atom. The number of thiazole rings is 1. The van der Waals surface area contributed by atoms with Gasteiger partial charge in [-0.1, -0.05) is 102 Å². The van der Waals surface area contributed by atoms with Crippen LogP contribution in [0.1, 0.15) is 84.0 Å². The normalized spacial score (nSPS) is 11.2. The zero-order valence-corrected chi connectivity index (χ0v) is 19.4. The summed E-state index contributed by atoms with van der Waals surface area (Å²) in [6.07, 6.45) is 16.4. The minimum atomic E-state index is 0.791. The highest BCUT2D eigenvalue weighted by Gasteiger charge is 2.11. The molecule has 0 saturated carbocycles. The van der Waals surface area contributed by atoms with Crippen molar-refractivity contribution in [2.75, 3.05) is 6.61 Å². The minimum absolute atomic E-state index is 0.791. The molecular formula is C27H37NOS. The topological polar surface area (TPSA) is 22.1 Å². The Labute approximate surface area is 186 Å². The molecule has 2 nitrogen and oxygen atoms in total. The number of nitrogens with zero attached hydrogens (tertiary/aromatic N) is 1. The van der Waals surface area contributed by atoms with Crippen molar-refractivity contribution in [2.24, 2.45) is 0 Å². The van der Waals surface area contributed by atoms with Gasteiger partial charge in [0.15, 0.2) is 0 Å². The van der Waals surface area contributed by atoms with Gasteiger partial charge in [0, 0.05) is 0 Å². The zero-order chi connectivity index (χ0) is 20.9. The van der Waals surface area contributed by atoms with Crippen LogP contribution in [0.2, 0.25) is 0 Å². The lowest BCUT2D eigenvalue weighted by Gasteiger charge is -2.10. The average Bonchev–Trinajstić information content (AvgIpc) is 3.21. The molecule has 30 heavy (non-hydrogen) atoms. The third kappa shape index (κ3) is 7.43. The van der Waals surface area contributed by atoms with E-state index in [1.54, 1.807) is 11.3 Å². The Morgan fingerprint density at radius 1 is 0.700 bits per heavy atom. The molecule has 162 valence electrons. The van der Waals surface area contributed by atoms with Crippen LogP contribution in [0, 0.1) is 0 Å². The Bertz CT molecular complexity index is 824. The molecule has 0 aliphatic carbocycles. The molecule has 1 heterocycles. The summed E-state index contributed by atoms with van der Waals surface area (Å²) in [5, 5.41) is 1.04. The van der Waals surface area contributed by atoms with E-state index in [4.69, 9.17) is 9.72 Å². The smallest absolute Gasteiger partial charge is 0.129 e. The molecule has 3 heteroatoms. The van der Waals surface area contributed by atoms with Crippen molar-refractivity contribution in [1.29, 1.82) is 0 Å². The fourth-order valence-corrected chi connectivity index (χ4v) is 4.88. The van der Waals surface area contributed by atoms with Crippen LogP contribution in [0.15, 0.2) is 48.5 Å². The van der Waals surface area contributed by atoms with Crippen LogP contribution < -0.4 is 4.74 Å². The van der Waals surface area contributed by atoms with Gasteiger partial charge in [0.1, 0.15) is 10.8 Å². The van der Waals surface area contributed by atoms with Crippen LogP contribution >= 0.6 is 11.3 Å². The average molecular weight is 424 g/mol. The number of benzene rings is 2. The molecule has 0 aliphatic rings. The maximum absolute atomic E-state index is 6.15. The van der Waals surface area contributed by atoms with Crippen molar-refractivity contribution >= 4 is 21.6 Å². The molecule has 3 aromatic rings. The monoisotopic (exact) mass is 423 g/mol. The number of unbranched alkanes of at least 4 members (excludes halogenated alkanes) is 11. The first-order valence-corrected chi connectivity index (χ1v) is 12.8. The van der Waals surface area contributed by atoms with E-state index >= 15 is 0 Å². The second-order valence-corrected chi connectivity index (χ2v) is 9.25. The van der Waals surface area contributed by atoms with Gasteiger partial charge in [-0.05, 0) is 30.7 Å². The Balaban J connectivity index is 1.31. The zero-order valence-electron chi connectivity index (χ0n) is 18.6. The molecule has 3 rings (SSSR count). The van der Waals surface area contributed by atoms with Gasteiger partial charge >= 0.3 is 0 Å². The molecule has 0 N–H and O–H groups in total. The third-order valence-electron chi connectivity index (χ3n) is 5.67. The Kier molecular flexibility index (Phi) is 10.2. The van der Waals surface area contributed by atoms with Crippen molar-refractivity contribution in [3.63, 3.8) is 0 Å². The molecule has 0 saturated heterocycles. The SMILES string of the molecule is CCCCCCCCCCCCCCOc1ccccc1-c1nc2ccccc2s1. The molecule has 0 aliphatic heterocycles. The van der Waals surface area contributed by atoms with E-state index in [1.807, 2.05) is 6.07 Å². The van der Waals surface area contributed by atoms with E-state index in [2.05, 4.69) is 49.4 Å². The number of rotatable bonds is 15. The summed E-state index contributed by atoms with van der Waals surface area (Å²) in [7, 11) is 0. The highest BCUT2D eigenvalue weighted by Crippen LogP contribution is 2.35. The van der Waals surface area contributed by atoms with E-state index in [0.717, 1.165) is 34.9 Å². The third-order valence-corrected chi connectivity index (χ3v) is 6.74. The summed E-state index contributed by atoms with van der Waals surface area (Å²) >= 11 is 1.74. The second kappa shape index (κ2) is 13.4. The van der Waals surface area contributed by atoms with Crippen LogP contribution in [-0.2, 0) is 0 Å². The summed E-state index contributed by atoms with van der Waals surface area (Å²) in [6.45, 7) is 3.08. The van der Waals surface area contributed by atoms with Crippen LogP contribution in [0.5, 0.6) is 5.75 Å². The number of para-hydroxylation sites is 2. The number of ether oxygens (including phenoxy) is 1. The first-order valence-electron chi connectivity index (χ1n) is 12.0. The Morgan fingerprint density at radius 2 is 1.30 bits per heavy atom. The number of hydrogen-bond acceptors (Lipinski definition) is 3. The lowest BCUT2D eigenvalue weighted by molar-refractivity contribution is 0.305. The van der Waals surface area contributed by atoms with Gasteiger partial charge in [-0.3, -0.25) is 0 Å². The van der Waals surface area contributed by atoms with Crippen molar-refractivity contribution in [3.8, 4) is 16.3 Å². The van der Waals surface area contributed by atoms with Gasteiger partial charge in [0.2, 0.25) is 0 Å². The molecule has 2 aromatic carbocycles. The lowest BCUT2D eigenvalue weighted by atomic mass is 10.1. The van der Waals surface area contributed by atoms with E-state index in [1.165, 1.54) is 75.3 Å². The predicted molar refractivity (Wildman–Crippen MR) is 132 cm³/mol. The largest absolute Gasteiger partial charge is 0.493 e. The molecule has 0 spiro atoms. The van der Waals surface area contributed by atoms with E-state index in [9.17, 15) is 0 Å². The predicted octanol–water partition coefficient (Wildman–Crippen LogP) is 9.04. The second-order valence-electron chi connectivity index (χ2n) is 8.22. The standard InChI is InChI=1S/C27H37NOS/c1-2-3-4-5-6-7-8-9-10-11-12-17-22-29-25-20-15-13-18-23(25)27-28-24-19-14-16-21-26(24)30-27/h13-16,18-21H,2-12,17,22H2,1H3. The van der Waals surface area contributed by atoms with E-state index < -0.39 is 0 Å². The van der Waals surface area contributed by atoms with Gasteiger partial charge in [0.05, 0.1) is 22.4 Å². The molecule has 1 aromatic heterocycles. The summed E-state index contributed by atoms with van der Waals surface area (Å²) in [5.41, 5.74) is 2.17. The fourth-order valence-electron chi connectivity index (χ4n) is 3.88. The van der Waals surface area contributed by atoms with Crippen LogP contribution in [-0.4, -0.2) is 11.6 Å². The van der Waals surface area contributed by atoms with Gasteiger partial charge in [-0.15, -0.1) is 11.3 Å². The molecule has 0 radical (unpaired) electrons. The summed E-state index contributed by atoms with van der Waals surface area (Å²) in [5.74, 6) is 0.958. The maximum atomic E-state index is 6.15. The highest BCUT2D eigenvalue weighted by atomic mass is 32.1. The molecule has 0 unspecified atom stereocenters. The van der Waals surface area contributed by atoms with Gasteiger partial charge in [-0.2, -0.15) is 0 Å².